The summed E-state index contributed by atoms with van der Waals surface area (Å²) in [4.78, 5) is 6.52. The van der Waals surface area contributed by atoms with E-state index in [1.165, 1.54) is 0 Å². The third-order valence-electron chi connectivity index (χ3n) is 3.27. The Bertz CT molecular complexity index is 334. The minimum atomic E-state index is -0.494. The summed E-state index contributed by atoms with van der Waals surface area (Å²) in [6.07, 6.45) is 3.25. The van der Waals surface area contributed by atoms with Crippen molar-refractivity contribution in [2.24, 2.45) is 0 Å². The predicted molar refractivity (Wildman–Crippen MR) is 73.7 cm³/mol. The largest absolute Gasteiger partial charge is 0.395 e. The van der Waals surface area contributed by atoms with Gasteiger partial charge < -0.3 is 15.1 Å². The van der Waals surface area contributed by atoms with Gasteiger partial charge in [-0.1, -0.05) is 19.9 Å². The molecule has 0 spiro atoms. The Kier molecular flexibility index (Phi) is 6.09. The van der Waals surface area contributed by atoms with E-state index in [4.69, 9.17) is 0 Å². The number of aliphatic hydroxyl groups excluding tert-OH is 2. The van der Waals surface area contributed by atoms with Gasteiger partial charge in [-0.3, -0.25) is 0 Å². The summed E-state index contributed by atoms with van der Waals surface area (Å²) < 4.78 is 0. The Morgan fingerprint density at radius 1 is 1.28 bits per heavy atom. The standard InChI is InChI=1S/C14H24N2O2/c1-4-13(5-2)16(8-9-17)14-7-6-12(10-15-14)11(3)18/h6-7,10-11,13,17-18H,4-5,8-9H2,1-3H3. The van der Waals surface area contributed by atoms with Gasteiger partial charge in [0.25, 0.3) is 0 Å². The molecule has 2 N–H and O–H groups in total. The molecule has 18 heavy (non-hydrogen) atoms. The predicted octanol–water partition coefficient (Wildman–Crippen LogP) is 2.12. The summed E-state index contributed by atoms with van der Waals surface area (Å²) in [6, 6.07) is 4.19. The molecule has 4 heteroatoms. The van der Waals surface area contributed by atoms with Crippen LogP contribution in [0.25, 0.3) is 0 Å². The highest BCUT2D eigenvalue weighted by Gasteiger charge is 2.16. The average molecular weight is 252 g/mol. The smallest absolute Gasteiger partial charge is 0.128 e. The molecule has 1 heterocycles. The lowest BCUT2D eigenvalue weighted by Gasteiger charge is -2.31. The van der Waals surface area contributed by atoms with Gasteiger partial charge in [-0.2, -0.15) is 0 Å². The van der Waals surface area contributed by atoms with Gasteiger partial charge in [-0.05, 0) is 31.4 Å². The second-order valence-corrected chi connectivity index (χ2v) is 4.51. The van der Waals surface area contributed by atoms with E-state index in [0.717, 1.165) is 24.2 Å². The molecule has 0 saturated carbocycles. The molecular weight excluding hydrogens is 228 g/mol. The number of aliphatic hydroxyl groups is 2. The lowest BCUT2D eigenvalue weighted by molar-refractivity contribution is 0.199. The first-order valence-corrected chi connectivity index (χ1v) is 6.65. The molecule has 0 aromatic carbocycles. The van der Waals surface area contributed by atoms with Crippen molar-refractivity contribution >= 4 is 5.82 Å². The van der Waals surface area contributed by atoms with Crippen molar-refractivity contribution < 1.29 is 10.2 Å². The maximum Gasteiger partial charge on any atom is 0.128 e. The topological polar surface area (TPSA) is 56.6 Å². The van der Waals surface area contributed by atoms with Gasteiger partial charge in [-0.15, -0.1) is 0 Å². The number of hydrogen-bond donors (Lipinski definition) is 2. The number of rotatable bonds is 7. The van der Waals surface area contributed by atoms with Crippen LogP contribution in [0.3, 0.4) is 0 Å². The molecule has 0 aliphatic heterocycles. The van der Waals surface area contributed by atoms with E-state index in [1.807, 2.05) is 12.1 Å². The van der Waals surface area contributed by atoms with E-state index in [1.54, 1.807) is 13.1 Å². The zero-order chi connectivity index (χ0) is 13.5. The first-order valence-electron chi connectivity index (χ1n) is 6.65. The summed E-state index contributed by atoms with van der Waals surface area (Å²) in [6.45, 7) is 6.72. The molecule has 0 aliphatic rings. The molecule has 0 fully saturated rings. The van der Waals surface area contributed by atoms with Gasteiger partial charge in [0, 0.05) is 18.8 Å². The van der Waals surface area contributed by atoms with Gasteiger partial charge in [0.2, 0.25) is 0 Å². The van der Waals surface area contributed by atoms with Crippen LogP contribution in [0.5, 0.6) is 0 Å². The molecule has 1 unspecified atom stereocenters. The zero-order valence-corrected chi connectivity index (χ0v) is 11.5. The Balaban J connectivity index is 2.91. The van der Waals surface area contributed by atoms with Crippen molar-refractivity contribution in [3.05, 3.63) is 23.9 Å². The second kappa shape index (κ2) is 7.34. The second-order valence-electron chi connectivity index (χ2n) is 4.51. The van der Waals surface area contributed by atoms with Crippen molar-refractivity contribution in [3.8, 4) is 0 Å². The van der Waals surface area contributed by atoms with Crippen LogP contribution in [0.4, 0.5) is 5.82 Å². The third-order valence-corrected chi connectivity index (χ3v) is 3.27. The van der Waals surface area contributed by atoms with Crippen molar-refractivity contribution in [1.82, 2.24) is 4.98 Å². The molecule has 0 amide bonds. The average Bonchev–Trinajstić information content (AvgIpc) is 2.39. The first kappa shape index (κ1) is 14.9. The fourth-order valence-corrected chi connectivity index (χ4v) is 2.14. The lowest BCUT2D eigenvalue weighted by atomic mass is 10.1. The van der Waals surface area contributed by atoms with E-state index >= 15 is 0 Å². The quantitative estimate of drug-likeness (QED) is 0.780. The maximum absolute atomic E-state index is 9.46. The van der Waals surface area contributed by atoms with Crippen LogP contribution in [0, 0.1) is 0 Å². The van der Waals surface area contributed by atoms with Gasteiger partial charge >= 0.3 is 0 Å². The molecular formula is C14H24N2O2. The number of pyridine rings is 1. The number of hydrogen-bond acceptors (Lipinski definition) is 4. The number of nitrogens with zero attached hydrogens (tertiary/aromatic N) is 2. The fourth-order valence-electron chi connectivity index (χ4n) is 2.14. The van der Waals surface area contributed by atoms with Crippen LogP contribution in [-0.2, 0) is 0 Å². The van der Waals surface area contributed by atoms with Crippen LogP contribution in [0.2, 0.25) is 0 Å². The zero-order valence-electron chi connectivity index (χ0n) is 11.5. The third kappa shape index (κ3) is 3.68. The van der Waals surface area contributed by atoms with Gasteiger partial charge in [0.1, 0.15) is 5.82 Å². The molecule has 102 valence electrons. The molecule has 0 aliphatic carbocycles. The Morgan fingerprint density at radius 2 is 1.94 bits per heavy atom. The van der Waals surface area contributed by atoms with Crippen molar-refractivity contribution in [2.75, 3.05) is 18.1 Å². The van der Waals surface area contributed by atoms with Crippen LogP contribution in [-0.4, -0.2) is 34.4 Å². The van der Waals surface area contributed by atoms with Crippen molar-refractivity contribution in [1.29, 1.82) is 0 Å². The van der Waals surface area contributed by atoms with Crippen molar-refractivity contribution in [3.63, 3.8) is 0 Å². The Labute approximate surface area is 109 Å². The van der Waals surface area contributed by atoms with Crippen LogP contribution in [0.15, 0.2) is 18.3 Å². The molecule has 1 rings (SSSR count). The summed E-state index contributed by atoms with van der Waals surface area (Å²) in [5.41, 5.74) is 0.812. The van der Waals surface area contributed by atoms with Gasteiger partial charge in [-0.25, -0.2) is 4.98 Å². The van der Waals surface area contributed by atoms with E-state index in [0.29, 0.717) is 12.6 Å². The van der Waals surface area contributed by atoms with Crippen molar-refractivity contribution in [2.45, 2.75) is 45.8 Å². The number of anilines is 1. The monoisotopic (exact) mass is 252 g/mol. The van der Waals surface area contributed by atoms with Gasteiger partial charge in [0.15, 0.2) is 0 Å². The fraction of sp³-hybridized carbons (Fsp3) is 0.643. The van der Waals surface area contributed by atoms with Crippen LogP contribution >= 0.6 is 0 Å². The Hall–Kier alpha value is -1.13. The molecule has 0 saturated heterocycles. The summed E-state index contributed by atoms with van der Waals surface area (Å²) in [5.74, 6) is 0.863. The molecule has 4 nitrogen and oxygen atoms in total. The maximum atomic E-state index is 9.46. The van der Waals surface area contributed by atoms with E-state index < -0.39 is 6.10 Å². The molecule has 1 aromatic rings. The minimum absolute atomic E-state index is 0.121. The van der Waals surface area contributed by atoms with E-state index in [2.05, 4.69) is 23.7 Å². The molecule has 1 atom stereocenters. The first-order chi connectivity index (χ1) is 8.63. The Morgan fingerprint density at radius 3 is 2.33 bits per heavy atom. The van der Waals surface area contributed by atoms with Crippen LogP contribution in [0.1, 0.15) is 45.3 Å². The summed E-state index contributed by atoms with van der Waals surface area (Å²) in [5, 5.41) is 18.6. The summed E-state index contributed by atoms with van der Waals surface area (Å²) in [7, 11) is 0. The highest BCUT2D eigenvalue weighted by molar-refractivity contribution is 5.41. The molecule has 0 radical (unpaired) electrons. The summed E-state index contributed by atoms with van der Waals surface area (Å²) >= 11 is 0. The molecule has 0 bridgehead atoms. The van der Waals surface area contributed by atoms with E-state index in [9.17, 15) is 10.2 Å². The van der Waals surface area contributed by atoms with Crippen LogP contribution < -0.4 is 4.90 Å². The molecule has 1 aromatic heterocycles. The highest BCUT2D eigenvalue weighted by Crippen LogP contribution is 2.20. The number of aromatic nitrogens is 1. The van der Waals surface area contributed by atoms with Gasteiger partial charge in [0.05, 0.1) is 12.7 Å². The van der Waals surface area contributed by atoms with E-state index in [-0.39, 0.29) is 6.61 Å². The highest BCUT2D eigenvalue weighted by atomic mass is 16.3. The SMILES string of the molecule is CCC(CC)N(CCO)c1ccc(C(C)O)cn1. The minimum Gasteiger partial charge on any atom is -0.395 e. The normalized spacial score (nSPS) is 12.8. The lowest BCUT2D eigenvalue weighted by Crippen LogP contribution is -2.37.